The fourth-order valence-corrected chi connectivity index (χ4v) is 4.72. The van der Waals surface area contributed by atoms with Crippen molar-refractivity contribution in [2.75, 3.05) is 29.9 Å². The third-order valence-electron chi connectivity index (χ3n) is 7.36. The molecule has 0 radical (unpaired) electrons. The minimum Gasteiger partial charge on any atom is -0.354 e. The van der Waals surface area contributed by atoms with Gasteiger partial charge in [-0.15, -0.1) is 0 Å². The molecule has 2 N–H and O–H groups in total. The van der Waals surface area contributed by atoms with Crippen LogP contribution in [0, 0.1) is 11.8 Å². The summed E-state index contributed by atoms with van der Waals surface area (Å²) in [4.78, 5) is 24.2. The molecule has 0 aromatic carbocycles. The van der Waals surface area contributed by atoms with Gasteiger partial charge >= 0.3 is 0 Å². The Bertz CT molecular complexity index is 1070. The lowest BCUT2D eigenvalue weighted by Gasteiger charge is -2.33. The van der Waals surface area contributed by atoms with Gasteiger partial charge in [0.25, 0.3) is 5.92 Å². The smallest absolute Gasteiger partial charge is 0.270 e. The van der Waals surface area contributed by atoms with Crippen molar-refractivity contribution in [3.05, 3.63) is 35.5 Å². The summed E-state index contributed by atoms with van der Waals surface area (Å²) >= 11 is 0. The van der Waals surface area contributed by atoms with Crippen LogP contribution in [0.4, 0.5) is 20.4 Å². The van der Waals surface area contributed by atoms with Gasteiger partial charge in [0, 0.05) is 61.4 Å². The molecule has 1 amide bonds. The zero-order valence-corrected chi connectivity index (χ0v) is 21.4. The molecule has 1 saturated heterocycles. The Hall–Kier alpha value is -2.61. The lowest BCUT2D eigenvalue weighted by atomic mass is 9.90. The van der Waals surface area contributed by atoms with E-state index in [0.717, 1.165) is 43.9 Å². The van der Waals surface area contributed by atoms with E-state index in [0.29, 0.717) is 36.3 Å². The summed E-state index contributed by atoms with van der Waals surface area (Å²) in [5.74, 6) is -1.55. The van der Waals surface area contributed by atoms with E-state index in [1.807, 2.05) is 19.9 Å². The molecule has 3 unspecified atom stereocenters. The topological polar surface area (TPSA) is 70.2 Å². The zero-order chi connectivity index (χ0) is 25.3. The van der Waals surface area contributed by atoms with E-state index in [2.05, 4.69) is 34.4 Å². The van der Waals surface area contributed by atoms with Crippen molar-refractivity contribution in [2.45, 2.75) is 71.8 Å². The van der Waals surface area contributed by atoms with Crippen molar-refractivity contribution in [2.24, 2.45) is 11.8 Å². The van der Waals surface area contributed by atoms with Crippen molar-refractivity contribution >= 4 is 17.5 Å². The molecule has 190 valence electrons. The molecule has 1 saturated carbocycles. The number of hydrogen-bond donors (Lipinski definition) is 2. The maximum atomic E-state index is 14.6. The number of piperazine rings is 1. The minimum absolute atomic E-state index is 0.0595. The molecule has 6 nitrogen and oxygen atoms in total. The van der Waals surface area contributed by atoms with Crippen LogP contribution in [-0.4, -0.2) is 41.6 Å². The molecule has 3 atom stereocenters. The number of hydrogen-bond acceptors (Lipinski definition) is 5. The van der Waals surface area contributed by atoms with Crippen LogP contribution in [0.15, 0.2) is 24.4 Å². The molecule has 1 aliphatic heterocycles. The standard InChI is InChI=1S/C27H37F2N5O/c1-6-16(2)26(35)33-25-24(18(4)19-7-8-19)21(9-10-31-25)22-13-20(27(5,28)29)14-23(32-22)34-12-11-30-17(3)15-34/h9-10,13-14,16-19,30H,6-8,11-12,15H2,1-5H3,(H,31,33,35). The van der Waals surface area contributed by atoms with Gasteiger partial charge in [0.2, 0.25) is 5.91 Å². The van der Waals surface area contributed by atoms with Gasteiger partial charge in [0.15, 0.2) is 0 Å². The summed E-state index contributed by atoms with van der Waals surface area (Å²) in [5.41, 5.74) is 2.08. The molecule has 0 bridgehead atoms. The molecule has 3 heterocycles. The van der Waals surface area contributed by atoms with Crippen LogP contribution < -0.4 is 15.5 Å². The number of aromatic nitrogens is 2. The third-order valence-corrected chi connectivity index (χ3v) is 7.36. The second kappa shape index (κ2) is 10.2. The zero-order valence-electron chi connectivity index (χ0n) is 21.4. The number of alkyl halides is 2. The second-order valence-corrected chi connectivity index (χ2v) is 10.3. The van der Waals surface area contributed by atoms with Gasteiger partial charge in [-0.3, -0.25) is 4.79 Å². The summed E-state index contributed by atoms with van der Waals surface area (Å²) in [6, 6.07) is 5.09. The highest BCUT2D eigenvalue weighted by atomic mass is 19.3. The van der Waals surface area contributed by atoms with Crippen LogP contribution in [-0.2, 0) is 10.7 Å². The van der Waals surface area contributed by atoms with Gasteiger partial charge < -0.3 is 15.5 Å². The average Bonchev–Trinajstić information content (AvgIpc) is 3.67. The van der Waals surface area contributed by atoms with E-state index in [1.165, 1.54) is 12.1 Å². The Morgan fingerprint density at radius 1 is 1.31 bits per heavy atom. The number of nitrogens with zero attached hydrogens (tertiary/aromatic N) is 3. The third kappa shape index (κ3) is 5.80. The molecule has 2 aliphatic rings. The summed E-state index contributed by atoms with van der Waals surface area (Å²) < 4.78 is 29.2. The second-order valence-electron chi connectivity index (χ2n) is 10.3. The number of rotatable bonds is 8. The van der Waals surface area contributed by atoms with Gasteiger partial charge in [-0.25, -0.2) is 18.7 Å². The number of pyridine rings is 2. The Kier molecular flexibility index (Phi) is 7.40. The Morgan fingerprint density at radius 3 is 2.69 bits per heavy atom. The van der Waals surface area contributed by atoms with Crippen LogP contribution >= 0.6 is 0 Å². The number of nitrogens with one attached hydrogen (secondary N) is 2. The highest BCUT2D eigenvalue weighted by molar-refractivity contribution is 5.93. The first-order valence-electron chi connectivity index (χ1n) is 12.8. The van der Waals surface area contributed by atoms with E-state index in [9.17, 15) is 13.6 Å². The highest BCUT2D eigenvalue weighted by Crippen LogP contribution is 2.47. The molecule has 35 heavy (non-hydrogen) atoms. The van der Waals surface area contributed by atoms with Gasteiger partial charge in [0.05, 0.1) is 5.69 Å². The van der Waals surface area contributed by atoms with Gasteiger partial charge in [0.1, 0.15) is 11.6 Å². The van der Waals surface area contributed by atoms with E-state index in [-0.39, 0.29) is 29.3 Å². The largest absolute Gasteiger partial charge is 0.354 e. The van der Waals surface area contributed by atoms with E-state index >= 15 is 0 Å². The number of halogens is 2. The van der Waals surface area contributed by atoms with Gasteiger partial charge in [-0.2, -0.15) is 0 Å². The molecule has 2 aromatic rings. The van der Waals surface area contributed by atoms with Crippen LogP contribution in [0.25, 0.3) is 11.3 Å². The average molecular weight is 486 g/mol. The molecule has 2 aromatic heterocycles. The van der Waals surface area contributed by atoms with Crippen LogP contribution in [0.1, 0.15) is 70.9 Å². The molecule has 2 fully saturated rings. The number of anilines is 2. The highest BCUT2D eigenvalue weighted by Gasteiger charge is 2.34. The van der Waals surface area contributed by atoms with Crippen molar-refractivity contribution in [1.82, 2.24) is 15.3 Å². The van der Waals surface area contributed by atoms with E-state index in [4.69, 9.17) is 4.98 Å². The van der Waals surface area contributed by atoms with Crippen molar-refractivity contribution in [3.8, 4) is 11.3 Å². The maximum absolute atomic E-state index is 14.6. The lowest BCUT2D eigenvalue weighted by molar-refractivity contribution is -0.119. The van der Waals surface area contributed by atoms with Crippen LogP contribution in [0.2, 0.25) is 0 Å². The lowest BCUT2D eigenvalue weighted by Crippen LogP contribution is -2.49. The predicted octanol–water partition coefficient (Wildman–Crippen LogP) is 5.55. The van der Waals surface area contributed by atoms with Crippen LogP contribution in [0.5, 0.6) is 0 Å². The fourth-order valence-electron chi connectivity index (χ4n) is 4.72. The number of carbonyl (C=O) groups excluding carboxylic acids is 1. The first kappa shape index (κ1) is 25.5. The summed E-state index contributed by atoms with van der Waals surface area (Å²) in [7, 11) is 0. The van der Waals surface area contributed by atoms with E-state index in [1.54, 1.807) is 6.20 Å². The van der Waals surface area contributed by atoms with Crippen molar-refractivity contribution in [3.63, 3.8) is 0 Å². The normalized spacial score (nSPS) is 20.4. The van der Waals surface area contributed by atoms with Gasteiger partial charge in [-0.05, 0) is 56.2 Å². The first-order valence-corrected chi connectivity index (χ1v) is 12.8. The summed E-state index contributed by atoms with van der Waals surface area (Å²) in [5, 5.41) is 6.41. The quantitative estimate of drug-likeness (QED) is 0.513. The first-order chi connectivity index (χ1) is 16.6. The van der Waals surface area contributed by atoms with Crippen molar-refractivity contribution in [1.29, 1.82) is 0 Å². The fraction of sp³-hybridized carbons (Fsp3) is 0.593. The van der Waals surface area contributed by atoms with Gasteiger partial charge in [-0.1, -0.05) is 20.8 Å². The molecular weight excluding hydrogens is 448 g/mol. The number of amides is 1. The Balaban J connectivity index is 1.84. The Labute approximate surface area is 206 Å². The summed E-state index contributed by atoms with van der Waals surface area (Å²) in [6.07, 6.45) is 4.58. The molecule has 8 heteroatoms. The monoisotopic (exact) mass is 485 g/mol. The SMILES string of the molecule is CCC(C)C(=O)Nc1nccc(-c2cc(C(C)(F)F)cc(N3CCNC(C)C3)n2)c1C(C)C1CC1. The van der Waals surface area contributed by atoms with Crippen LogP contribution in [0.3, 0.4) is 0 Å². The Morgan fingerprint density at radius 2 is 2.06 bits per heavy atom. The molecule has 4 rings (SSSR count). The van der Waals surface area contributed by atoms with E-state index < -0.39 is 5.92 Å². The minimum atomic E-state index is -3.00. The molecule has 0 spiro atoms. The molecular formula is C27H37F2N5O. The predicted molar refractivity (Wildman–Crippen MR) is 136 cm³/mol. The van der Waals surface area contributed by atoms with Crippen molar-refractivity contribution < 1.29 is 13.6 Å². The maximum Gasteiger partial charge on any atom is 0.270 e. The molecule has 1 aliphatic carbocycles. The summed E-state index contributed by atoms with van der Waals surface area (Å²) in [6.45, 7) is 11.2. The number of carbonyl (C=O) groups is 1.